The topological polar surface area (TPSA) is 27.7 Å². The van der Waals surface area contributed by atoms with Crippen molar-refractivity contribution in [2.75, 3.05) is 45.9 Å². The summed E-state index contributed by atoms with van der Waals surface area (Å²) < 4.78 is 18.5. The van der Waals surface area contributed by atoms with Crippen LogP contribution in [0.15, 0.2) is 24.3 Å². The Balaban J connectivity index is 1.66. The fourth-order valence-electron chi connectivity index (χ4n) is 2.63. The second-order valence-corrected chi connectivity index (χ2v) is 6.06. The van der Waals surface area contributed by atoms with E-state index in [4.69, 9.17) is 17.0 Å². The predicted molar refractivity (Wildman–Crippen MR) is 95.0 cm³/mol. The summed E-state index contributed by atoms with van der Waals surface area (Å²) in [6.07, 6.45) is 0.966. The molecular weight excluding hydrogens is 313 g/mol. The summed E-state index contributed by atoms with van der Waals surface area (Å²) >= 11 is 5.44. The lowest BCUT2D eigenvalue weighted by atomic mass is 10.2. The lowest BCUT2D eigenvalue weighted by molar-refractivity contribution is 0.145. The molecule has 0 bridgehead atoms. The molecule has 4 nitrogen and oxygen atoms in total. The maximum atomic E-state index is 13.2. The van der Waals surface area contributed by atoms with Gasteiger partial charge in [0.25, 0.3) is 0 Å². The largest absolute Gasteiger partial charge is 0.382 e. The average molecular weight is 339 g/mol. The summed E-state index contributed by atoms with van der Waals surface area (Å²) in [6.45, 7) is 8.88. The van der Waals surface area contributed by atoms with Crippen molar-refractivity contribution in [1.82, 2.24) is 15.1 Å². The van der Waals surface area contributed by atoms with Crippen LogP contribution in [0, 0.1) is 5.82 Å². The highest BCUT2D eigenvalue weighted by Gasteiger charge is 2.18. The number of hydrogen-bond donors (Lipinski definition) is 1. The van der Waals surface area contributed by atoms with E-state index in [0.717, 1.165) is 69.6 Å². The van der Waals surface area contributed by atoms with Crippen molar-refractivity contribution in [2.45, 2.75) is 19.9 Å². The maximum Gasteiger partial charge on any atom is 0.169 e. The van der Waals surface area contributed by atoms with E-state index in [2.05, 4.69) is 15.1 Å². The van der Waals surface area contributed by atoms with Crippen molar-refractivity contribution in [2.24, 2.45) is 0 Å². The number of ether oxygens (including phenoxy) is 1. The minimum Gasteiger partial charge on any atom is -0.382 e. The van der Waals surface area contributed by atoms with E-state index in [1.54, 1.807) is 12.1 Å². The molecule has 0 aromatic heterocycles. The summed E-state index contributed by atoms with van der Waals surface area (Å²) in [5.41, 5.74) is 1.02. The Labute approximate surface area is 143 Å². The number of nitrogens with zero attached hydrogens (tertiary/aromatic N) is 2. The number of rotatable bonds is 7. The zero-order valence-corrected chi connectivity index (χ0v) is 14.6. The first-order valence-electron chi connectivity index (χ1n) is 8.26. The second-order valence-electron chi connectivity index (χ2n) is 5.68. The molecule has 0 unspecified atom stereocenters. The molecule has 1 heterocycles. The molecule has 1 N–H and O–H groups in total. The van der Waals surface area contributed by atoms with Gasteiger partial charge >= 0.3 is 0 Å². The average Bonchev–Trinajstić information content (AvgIpc) is 2.55. The third-order valence-electron chi connectivity index (χ3n) is 3.90. The molecule has 0 spiro atoms. The molecule has 6 heteroatoms. The van der Waals surface area contributed by atoms with E-state index in [1.165, 1.54) is 6.07 Å². The molecule has 2 rings (SSSR count). The summed E-state index contributed by atoms with van der Waals surface area (Å²) in [5, 5.41) is 4.12. The highest BCUT2D eigenvalue weighted by atomic mass is 32.1. The second kappa shape index (κ2) is 9.80. The summed E-state index contributed by atoms with van der Waals surface area (Å²) in [6, 6.07) is 6.83. The molecule has 1 aromatic rings. The summed E-state index contributed by atoms with van der Waals surface area (Å²) in [5.74, 6) is -0.168. The molecule has 0 amide bonds. The minimum absolute atomic E-state index is 0.168. The number of thiocarbonyl (C=S) groups is 1. The van der Waals surface area contributed by atoms with Gasteiger partial charge in [-0.15, -0.1) is 0 Å². The number of nitrogens with one attached hydrogen (secondary N) is 1. The third kappa shape index (κ3) is 6.41. The quantitative estimate of drug-likeness (QED) is 0.608. The van der Waals surface area contributed by atoms with Gasteiger partial charge in [0.15, 0.2) is 5.11 Å². The van der Waals surface area contributed by atoms with Crippen LogP contribution in [0.4, 0.5) is 4.39 Å². The van der Waals surface area contributed by atoms with Gasteiger partial charge in [-0.2, -0.15) is 0 Å². The van der Waals surface area contributed by atoms with Crippen molar-refractivity contribution in [1.29, 1.82) is 0 Å². The third-order valence-corrected chi connectivity index (χ3v) is 4.30. The molecule has 1 aliphatic heterocycles. The van der Waals surface area contributed by atoms with E-state index in [9.17, 15) is 4.39 Å². The highest BCUT2D eigenvalue weighted by molar-refractivity contribution is 7.80. The monoisotopic (exact) mass is 339 g/mol. The molecular formula is C17H26FN3OS. The fraction of sp³-hybridized carbons (Fsp3) is 0.588. The van der Waals surface area contributed by atoms with Crippen molar-refractivity contribution >= 4 is 17.3 Å². The van der Waals surface area contributed by atoms with E-state index in [1.807, 2.05) is 13.0 Å². The van der Waals surface area contributed by atoms with Crippen LogP contribution in [0.3, 0.4) is 0 Å². The fourth-order valence-corrected chi connectivity index (χ4v) is 2.91. The SMILES string of the molecule is CCOCCCNC(=S)N1CCN(Cc2cccc(F)c2)CC1. The smallest absolute Gasteiger partial charge is 0.169 e. The Morgan fingerprint density at radius 1 is 1.30 bits per heavy atom. The van der Waals surface area contributed by atoms with Crippen LogP contribution in [0.25, 0.3) is 0 Å². The molecule has 128 valence electrons. The first-order chi connectivity index (χ1) is 11.2. The standard InChI is InChI=1S/C17H26FN3OS/c1-2-22-12-4-7-19-17(23)21-10-8-20(9-11-21)14-15-5-3-6-16(18)13-15/h3,5-6,13H,2,4,7-12,14H2,1H3,(H,19,23). The molecule has 1 saturated heterocycles. The lowest BCUT2D eigenvalue weighted by Crippen LogP contribution is -2.51. The van der Waals surface area contributed by atoms with Gasteiger partial charge in [-0.25, -0.2) is 4.39 Å². The first kappa shape index (κ1) is 18.1. The molecule has 1 fully saturated rings. The van der Waals surface area contributed by atoms with Gasteiger partial charge in [0.05, 0.1) is 0 Å². The Kier molecular flexibility index (Phi) is 7.71. The zero-order chi connectivity index (χ0) is 16.5. The van der Waals surface area contributed by atoms with Crippen molar-refractivity contribution in [3.63, 3.8) is 0 Å². The van der Waals surface area contributed by atoms with Gasteiger partial charge in [0.1, 0.15) is 5.82 Å². The number of halogens is 1. The highest BCUT2D eigenvalue weighted by Crippen LogP contribution is 2.10. The Morgan fingerprint density at radius 3 is 2.78 bits per heavy atom. The van der Waals surface area contributed by atoms with Crippen molar-refractivity contribution < 1.29 is 9.13 Å². The van der Waals surface area contributed by atoms with Crippen LogP contribution in [0.5, 0.6) is 0 Å². The number of piperazine rings is 1. The Hall–Kier alpha value is -1.24. The minimum atomic E-state index is -0.168. The van der Waals surface area contributed by atoms with E-state index in [-0.39, 0.29) is 5.82 Å². The Morgan fingerprint density at radius 2 is 2.09 bits per heavy atom. The summed E-state index contributed by atoms with van der Waals surface area (Å²) in [7, 11) is 0. The molecule has 1 aliphatic rings. The normalized spacial score (nSPS) is 15.7. The first-order valence-corrected chi connectivity index (χ1v) is 8.67. The van der Waals surface area contributed by atoms with Crippen molar-refractivity contribution in [3.05, 3.63) is 35.6 Å². The predicted octanol–water partition coefficient (Wildman–Crippen LogP) is 2.24. The van der Waals surface area contributed by atoms with Crippen LogP contribution in [0.2, 0.25) is 0 Å². The van der Waals surface area contributed by atoms with E-state index in [0.29, 0.717) is 0 Å². The van der Waals surface area contributed by atoms with Crippen LogP contribution < -0.4 is 5.32 Å². The van der Waals surface area contributed by atoms with Crippen LogP contribution in [-0.4, -0.2) is 60.8 Å². The molecule has 0 atom stereocenters. The van der Waals surface area contributed by atoms with Gasteiger partial charge in [0.2, 0.25) is 0 Å². The zero-order valence-electron chi connectivity index (χ0n) is 13.8. The molecule has 1 aromatic carbocycles. The number of hydrogen-bond acceptors (Lipinski definition) is 3. The van der Waals surface area contributed by atoms with Crippen LogP contribution in [-0.2, 0) is 11.3 Å². The Bertz CT molecular complexity index is 492. The van der Waals surface area contributed by atoms with Gasteiger partial charge in [0, 0.05) is 52.5 Å². The molecule has 0 aliphatic carbocycles. The van der Waals surface area contributed by atoms with Gasteiger partial charge in [-0.05, 0) is 43.3 Å². The maximum absolute atomic E-state index is 13.2. The van der Waals surface area contributed by atoms with E-state index >= 15 is 0 Å². The van der Waals surface area contributed by atoms with Gasteiger partial charge in [-0.1, -0.05) is 12.1 Å². The van der Waals surface area contributed by atoms with Crippen molar-refractivity contribution in [3.8, 4) is 0 Å². The van der Waals surface area contributed by atoms with Crippen LogP contribution in [0.1, 0.15) is 18.9 Å². The summed E-state index contributed by atoms with van der Waals surface area (Å²) in [4.78, 5) is 4.54. The van der Waals surface area contributed by atoms with Gasteiger partial charge in [-0.3, -0.25) is 4.90 Å². The van der Waals surface area contributed by atoms with Gasteiger partial charge < -0.3 is 15.0 Å². The molecule has 23 heavy (non-hydrogen) atoms. The molecule has 0 radical (unpaired) electrons. The number of benzene rings is 1. The van der Waals surface area contributed by atoms with E-state index < -0.39 is 0 Å². The lowest BCUT2D eigenvalue weighted by Gasteiger charge is -2.36. The van der Waals surface area contributed by atoms with Crippen LogP contribution >= 0.6 is 12.2 Å². The molecule has 0 saturated carbocycles.